The maximum absolute atomic E-state index is 7.25. The predicted octanol–water partition coefficient (Wildman–Crippen LogP) is 9.85. The molecule has 0 radical (unpaired) electrons. The Morgan fingerprint density at radius 2 is 0.818 bits per heavy atom. The third-order valence-electron chi connectivity index (χ3n) is 7.00. The summed E-state index contributed by atoms with van der Waals surface area (Å²) in [4.78, 5) is -0.0697. The summed E-state index contributed by atoms with van der Waals surface area (Å²) in [5.74, 6) is 0. The van der Waals surface area contributed by atoms with Crippen LogP contribution in [0, 0.1) is 0 Å². The molecule has 0 aromatic heterocycles. The minimum atomic E-state index is -2.50. The van der Waals surface area contributed by atoms with Gasteiger partial charge in [0.25, 0.3) is 0 Å². The van der Waals surface area contributed by atoms with E-state index in [1.165, 1.54) is 103 Å². The van der Waals surface area contributed by atoms with Gasteiger partial charge >= 0.3 is 8.80 Å². The predicted molar refractivity (Wildman–Crippen MR) is 149 cm³/mol. The molecule has 6 heteroatoms. The van der Waals surface area contributed by atoms with Gasteiger partial charge in [0.2, 0.25) is 0 Å². The van der Waals surface area contributed by atoms with Crippen LogP contribution in [0.3, 0.4) is 0 Å². The Labute approximate surface area is 214 Å². The van der Waals surface area contributed by atoms with E-state index in [1.54, 1.807) is 21.3 Å². The van der Waals surface area contributed by atoms with E-state index < -0.39 is 8.80 Å². The fourth-order valence-electron chi connectivity index (χ4n) is 4.70. The topological polar surface area (TPSA) is 62.7 Å². The van der Waals surface area contributed by atoms with Gasteiger partial charge in [0.1, 0.15) is 0 Å². The van der Waals surface area contributed by atoms with Crippen molar-refractivity contribution in [2.24, 2.45) is 0 Å². The molecule has 0 aromatic carbocycles. The van der Waals surface area contributed by atoms with Crippen LogP contribution in [0.1, 0.15) is 142 Å². The molecule has 0 spiro atoms. The highest BCUT2D eigenvalue weighted by molar-refractivity contribution is 6.60. The van der Waals surface area contributed by atoms with Crippen LogP contribution in [-0.2, 0) is 13.3 Å². The van der Waals surface area contributed by atoms with E-state index in [-0.39, 0.29) is 11.0 Å². The van der Waals surface area contributed by atoms with Gasteiger partial charge in [-0.05, 0) is 25.7 Å². The molecule has 202 valence electrons. The summed E-state index contributed by atoms with van der Waals surface area (Å²) in [7, 11) is 2.61. The van der Waals surface area contributed by atoms with Crippen molar-refractivity contribution in [3.63, 3.8) is 0 Å². The highest BCUT2D eigenvalue weighted by Crippen LogP contribution is 2.36. The third-order valence-corrected chi connectivity index (χ3v) is 10.4. The standard InChI is InChI=1S/C27H57ClO3Si.H3N/c1-6-8-10-12-14-16-18-20-23-27(28,24-21-19-17-15-13-11-9-7-2)25-22-26-32(29-3,30-4)31-5;/h6-26H2,1-5H3;1H3. The van der Waals surface area contributed by atoms with Gasteiger partial charge in [0.05, 0.1) is 0 Å². The van der Waals surface area contributed by atoms with Crippen molar-refractivity contribution >= 4 is 20.4 Å². The van der Waals surface area contributed by atoms with Gasteiger partial charge in [0.15, 0.2) is 0 Å². The third kappa shape index (κ3) is 19.2. The summed E-state index contributed by atoms with van der Waals surface area (Å²) in [6.45, 7) is 4.57. The summed E-state index contributed by atoms with van der Waals surface area (Å²) in [5, 5.41) is 0. The van der Waals surface area contributed by atoms with Crippen LogP contribution in [0.2, 0.25) is 6.04 Å². The number of alkyl halides is 1. The van der Waals surface area contributed by atoms with E-state index in [0.717, 1.165) is 31.7 Å². The molecule has 0 bridgehead atoms. The minimum absolute atomic E-state index is 0. The lowest BCUT2D eigenvalue weighted by Gasteiger charge is -2.30. The summed E-state index contributed by atoms with van der Waals surface area (Å²) < 4.78 is 16.8. The van der Waals surface area contributed by atoms with Crippen molar-refractivity contribution < 1.29 is 13.3 Å². The molecular formula is C27H60ClNO3Si. The Kier molecular flexibility index (Phi) is 25.9. The smallest absolute Gasteiger partial charge is 0.377 e. The molecule has 0 saturated carbocycles. The van der Waals surface area contributed by atoms with E-state index in [0.29, 0.717) is 0 Å². The summed E-state index contributed by atoms with van der Waals surface area (Å²) >= 11 is 7.25. The quantitative estimate of drug-likeness (QED) is 0.0754. The number of unbranched alkanes of at least 4 members (excludes halogenated alkanes) is 14. The highest BCUT2D eigenvalue weighted by Gasteiger charge is 2.38. The van der Waals surface area contributed by atoms with Crippen molar-refractivity contribution in [2.75, 3.05) is 21.3 Å². The number of rotatable bonds is 25. The largest absolute Gasteiger partial charge is 0.500 e. The normalized spacial score (nSPS) is 12.2. The van der Waals surface area contributed by atoms with Gasteiger partial charge in [0, 0.05) is 32.2 Å². The van der Waals surface area contributed by atoms with Gasteiger partial charge in [-0.1, -0.05) is 117 Å². The van der Waals surface area contributed by atoms with Gasteiger partial charge < -0.3 is 19.4 Å². The zero-order valence-corrected chi connectivity index (χ0v) is 24.9. The van der Waals surface area contributed by atoms with Crippen molar-refractivity contribution in [3.8, 4) is 0 Å². The molecule has 0 aliphatic carbocycles. The Hall–Kier alpha value is 0.347. The SMILES string of the molecule is CCCCCCCCCCC(Cl)(CCCCCCCCCC)CCC[Si](OC)(OC)OC.N. The maximum atomic E-state index is 7.25. The molecule has 4 nitrogen and oxygen atoms in total. The van der Waals surface area contributed by atoms with Gasteiger partial charge in [-0.15, -0.1) is 11.6 Å². The summed E-state index contributed by atoms with van der Waals surface area (Å²) in [6.07, 6.45) is 26.0. The maximum Gasteiger partial charge on any atom is 0.500 e. The summed E-state index contributed by atoms with van der Waals surface area (Å²) in [5.41, 5.74) is 0. The average Bonchev–Trinajstić information content (AvgIpc) is 2.81. The molecular weight excluding hydrogens is 450 g/mol. The Morgan fingerprint density at radius 1 is 0.515 bits per heavy atom. The molecule has 0 aliphatic heterocycles. The lowest BCUT2D eigenvalue weighted by molar-refractivity contribution is 0.122. The van der Waals surface area contributed by atoms with Crippen LogP contribution in [0.15, 0.2) is 0 Å². The number of halogens is 1. The lowest BCUT2D eigenvalue weighted by Crippen LogP contribution is -2.42. The molecule has 33 heavy (non-hydrogen) atoms. The lowest BCUT2D eigenvalue weighted by atomic mass is 9.89. The fourth-order valence-corrected chi connectivity index (χ4v) is 6.83. The monoisotopic (exact) mass is 509 g/mol. The first-order valence-corrected chi connectivity index (χ1v) is 16.2. The van der Waals surface area contributed by atoms with Crippen LogP contribution in [0.5, 0.6) is 0 Å². The molecule has 0 aromatic rings. The van der Waals surface area contributed by atoms with Crippen LogP contribution >= 0.6 is 11.6 Å². The van der Waals surface area contributed by atoms with E-state index in [9.17, 15) is 0 Å². The fraction of sp³-hybridized carbons (Fsp3) is 1.00. The first-order valence-electron chi connectivity index (χ1n) is 13.9. The molecule has 0 fully saturated rings. The zero-order chi connectivity index (χ0) is 24.0. The molecule has 0 amide bonds. The van der Waals surface area contributed by atoms with Gasteiger partial charge in [-0.25, -0.2) is 0 Å². The molecule has 0 saturated heterocycles. The van der Waals surface area contributed by atoms with E-state index in [2.05, 4.69) is 13.8 Å². The second kappa shape index (κ2) is 24.1. The van der Waals surface area contributed by atoms with E-state index in [4.69, 9.17) is 24.9 Å². The molecule has 3 N–H and O–H groups in total. The minimum Gasteiger partial charge on any atom is -0.377 e. The Balaban J connectivity index is 0. The molecule has 0 aliphatic rings. The molecule has 0 heterocycles. The Bertz CT molecular complexity index is 369. The van der Waals surface area contributed by atoms with Crippen LogP contribution in [0.25, 0.3) is 0 Å². The van der Waals surface area contributed by atoms with E-state index >= 15 is 0 Å². The van der Waals surface area contributed by atoms with Crippen molar-refractivity contribution in [2.45, 2.75) is 153 Å². The van der Waals surface area contributed by atoms with Crippen LogP contribution in [-0.4, -0.2) is 35.0 Å². The molecule has 0 rings (SSSR count). The van der Waals surface area contributed by atoms with Crippen LogP contribution in [0.4, 0.5) is 0 Å². The van der Waals surface area contributed by atoms with E-state index in [1.807, 2.05) is 0 Å². The number of hydrogen-bond acceptors (Lipinski definition) is 4. The first-order chi connectivity index (χ1) is 15.5. The van der Waals surface area contributed by atoms with Crippen molar-refractivity contribution in [3.05, 3.63) is 0 Å². The van der Waals surface area contributed by atoms with Crippen molar-refractivity contribution in [1.29, 1.82) is 0 Å². The van der Waals surface area contributed by atoms with Crippen LogP contribution < -0.4 is 6.15 Å². The molecule has 0 unspecified atom stereocenters. The van der Waals surface area contributed by atoms with Gasteiger partial charge in [-0.2, -0.15) is 0 Å². The zero-order valence-electron chi connectivity index (χ0n) is 23.2. The average molecular weight is 510 g/mol. The van der Waals surface area contributed by atoms with Crippen molar-refractivity contribution in [1.82, 2.24) is 6.15 Å². The van der Waals surface area contributed by atoms with Gasteiger partial charge in [-0.3, -0.25) is 0 Å². The second-order valence-electron chi connectivity index (χ2n) is 9.75. The second-order valence-corrected chi connectivity index (χ2v) is 13.6. The first kappa shape index (κ1) is 35.5. The summed E-state index contributed by atoms with van der Waals surface area (Å²) in [6, 6.07) is 0.847. The number of hydrogen-bond donors (Lipinski definition) is 1. The highest BCUT2D eigenvalue weighted by atomic mass is 35.5. The Morgan fingerprint density at radius 3 is 1.15 bits per heavy atom. The molecule has 0 atom stereocenters.